The molecule has 0 aliphatic carbocycles. The number of hydrogen-bond donors (Lipinski definition) is 1. The molecule has 3 aromatic carbocycles. The van der Waals surface area contributed by atoms with Crippen LogP contribution in [0.15, 0.2) is 72.8 Å². The number of carbonyl (C=O) groups is 1. The average Bonchev–Trinajstić information content (AvgIpc) is 2.81. The van der Waals surface area contributed by atoms with Gasteiger partial charge in [0.05, 0.1) is 12.9 Å². The highest BCUT2D eigenvalue weighted by molar-refractivity contribution is 7.87. The van der Waals surface area contributed by atoms with Crippen molar-refractivity contribution in [3.8, 4) is 11.5 Å². The third kappa shape index (κ3) is 7.21. The molecule has 3 rings (SSSR count). The topological polar surface area (TPSA) is 84.9 Å². The molecule has 174 valence electrons. The smallest absolute Gasteiger partial charge is 0.322 e. The molecule has 0 heterocycles. The first kappa shape index (κ1) is 24.1. The van der Waals surface area contributed by atoms with E-state index in [1.807, 2.05) is 0 Å². The Balaban J connectivity index is 1.77. The van der Waals surface area contributed by atoms with Crippen LogP contribution in [0.2, 0.25) is 0 Å². The van der Waals surface area contributed by atoms with E-state index in [4.69, 9.17) is 8.92 Å². The maximum absolute atomic E-state index is 13.3. The van der Waals surface area contributed by atoms with Gasteiger partial charge in [0.2, 0.25) is 0 Å². The van der Waals surface area contributed by atoms with Crippen LogP contribution >= 0.6 is 0 Å². The van der Waals surface area contributed by atoms with Crippen molar-refractivity contribution in [2.24, 2.45) is 0 Å². The summed E-state index contributed by atoms with van der Waals surface area (Å²) in [5.41, 5.74) is 2.12. The summed E-state index contributed by atoms with van der Waals surface area (Å²) in [5, 5.41) is 2.85. The molecular weight excluding hydrogens is 447 g/mol. The van der Waals surface area contributed by atoms with Gasteiger partial charge in [-0.25, -0.2) is 9.18 Å². The summed E-state index contributed by atoms with van der Waals surface area (Å²) < 4.78 is 46.7. The van der Waals surface area contributed by atoms with Gasteiger partial charge < -0.3 is 19.1 Å². The fourth-order valence-electron chi connectivity index (χ4n) is 2.96. The first-order valence-corrected chi connectivity index (χ1v) is 11.8. The van der Waals surface area contributed by atoms with Crippen molar-refractivity contribution in [2.75, 3.05) is 18.2 Å². The second-order valence-electron chi connectivity index (χ2n) is 7.21. The van der Waals surface area contributed by atoms with Gasteiger partial charge >= 0.3 is 16.1 Å². The van der Waals surface area contributed by atoms with Crippen molar-refractivity contribution < 1.29 is 26.5 Å². The summed E-state index contributed by atoms with van der Waals surface area (Å²) in [7, 11) is -2.06. The molecule has 0 bridgehead atoms. The number of halogens is 1. The minimum atomic E-state index is -3.62. The molecule has 0 aliphatic rings. The van der Waals surface area contributed by atoms with Crippen LogP contribution in [0.25, 0.3) is 0 Å². The number of ether oxygens (including phenoxy) is 1. The summed E-state index contributed by atoms with van der Waals surface area (Å²) >= 11 is 0. The highest BCUT2D eigenvalue weighted by atomic mass is 32.2. The van der Waals surface area contributed by atoms with Crippen LogP contribution < -0.4 is 14.2 Å². The van der Waals surface area contributed by atoms with E-state index in [0.29, 0.717) is 11.4 Å². The number of carbonyl (C=O) groups excluding carboxylic acids is 1. The number of nitrogens with one attached hydrogen (secondary N) is 1. The molecule has 0 atom stereocenters. The van der Waals surface area contributed by atoms with Crippen LogP contribution in [0.4, 0.5) is 14.9 Å². The van der Waals surface area contributed by atoms with Gasteiger partial charge in [0.25, 0.3) is 0 Å². The lowest BCUT2D eigenvalue weighted by atomic mass is 10.1. The Morgan fingerprint density at radius 1 is 0.879 bits per heavy atom. The number of nitrogens with zero attached hydrogens (tertiary/aromatic N) is 1. The predicted octanol–water partition coefficient (Wildman–Crippen LogP) is 4.80. The highest BCUT2D eigenvalue weighted by Gasteiger charge is 2.16. The van der Waals surface area contributed by atoms with Gasteiger partial charge in [0.15, 0.2) is 0 Å². The van der Waals surface area contributed by atoms with Crippen molar-refractivity contribution in [2.45, 2.75) is 20.0 Å². The maximum Gasteiger partial charge on any atom is 0.322 e. The molecule has 9 heteroatoms. The molecule has 0 spiro atoms. The molecule has 0 unspecified atom stereocenters. The predicted molar refractivity (Wildman–Crippen MR) is 124 cm³/mol. The van der Waals surface area contributed by atoms with Crippen molar-refractivity contribution in [1.82, 2.24) is 4.90 Å². The second-order valence-corrected chi connectivity index (χ2v) is 9.07. The maximum atomic E-state index is 13.3. The zero-order chi connectivity index (χ0) is 23.8. The van der Waals surface area contributed by atoms with Gasteiger partial charge in [-0.1, -0.05) is 24.3 Å². The monoisotopic (exact) mass is 472 g/mol. The minimum absolute atomic E-state index is 0.133. The van der Waals surface area contributed by atoms with Gasteiger partial charge in [-0.15, -0.1) is 0 Å². The number of methoxy groups -OCH3 is 1. The van der Waals surface area contributed by atoms with Gasteiger partial charge in [0, 0.05) is 18.8 Å². The molecule has 0 saturated heterocycles. The number of rotatable bonds is 9. The van der Waals surface area contributed by atoms with Crippen molar-refractivity contribution in [1.29, 1.82) is 0 Å². The molecular formula is C24H25FN2O5S. The van der Waals surface area contributed by atoms with Crippen molar-refractivity contribution in [3.63, 3.8) is 0 Å². The molecule has 0 radical (unpaired) electrons. The lowest BCUT2D eigenvalue weighted by Gasteiger charge is -2.24. The van der Waals surface area contributed by atoms with E-state index in [9.17, 15) is 17.6 Å². The van der Waals surface area contributed by atoms with E-state index in [1.54, 1.807) is 72.7 Å². The van der Waals surface area contributed by atoms with Crippen LogP contribution in [0.1, 0.15) is 18.1 Å². The fraction of sp³-hybridized carbons (Fsp3) is 0.208. The molecule has 1 N–H and O–H groups in total. The minimum Gasteiger partial charge on any atom is -0.497 e. The molecule has 2 amide bonds. The number of anilines is 1. The Morgan fingerprint density at radius 3 is 1.91 bits per heavy atom. The van der Waals surface area contributed by atoms with E-state index >= 15 is 0 Å². The summed E-state index contributed by atoms with van der Waals surface area (Å²) in [6.45, 7) is 1.98. The lowest BCUT2D eigenvalue weighted by molar-refractivity contribution is 0.206. The van der Waals surface area contributed by atoms with Crippen LogP contribution in [-0.4, -0.2) is 32.2 Å². The summed E-state index contributed by atoms with van der Waals surface area (Å²) in [4.78, 5) is 14.6. The summed E-state index contributed by atoms with van der Waals surface area (Å²) in [6, 6.07) is 19.0. The quantitative estimate of drug-likeness (QED) is 0.453. The number of benzene rings is 3. The number of urea groups is 1. The molecule has 7 nitrogen and oxygen atoms in total. The van der Waals surface area contributed by atoms with Crippen molar-refractivity contribution in [3.05, 3.63) is 89.7 Å². The first-order valence-electron chi connectivity index (χ1n) is 10.2. The molecule has 0 aromatic heterocycles. The van der Waals surface area contributed by atoms with Gasteiger partial charge in [-0.2, -0.15) is 8.42 Å². The van der Waals surface area contributed by atoms with Gasteiger partial charge in [0.1, 0.15) is 17.3 Å². The molecule has 0 fully saturated rings. The van der Waals surface area contributed by atoms with Crippen LogP contribution in [-0.2, 0) is 23.2 Å². The Labute approximate surface area is 192 Å². The van der Waals surface area contributed by atoms with Crippen LogP contribution in [0, 0.1) is 5.82 Å². The van der Waals surface area contributed by atoms with E-state index < -0.39 is 10.1 Å². The number of amides is 2. The van der Waals surface area contributed by atoms with Crippen LogP contribution in [0.5, 0.6) is 11.5 Å². The zero-order valence-corrected chi connectivity index (χ0v) is 19.1. The van der Waals surface area contributed by atoms with Crippen LogP contribution in [0.3, 0.4) is 0 Å². The third-order valence-corrected chi connectivity index (χ3v) is 5.94. The summed E-state index contributed by atoms with van der Waals surface area (Å²) in [6.07, 6.45) is 0. The van der Waals surface area contributed by atoms with Gasteiger partial charge in [-0.05, 0) is 66.6 Å². The second kappa shape index (κ2) is 10.8. The molecule has 0 aliphatic heterocycles. The average molecular weight is 473 g/mol. The van der Waals surface area contributed by atoms with E-state index in [1.165, 1.54) is 19.1 Å². The third-order valence-electron chi connectivity index (χ3n) is 4.79. The standard InChI is InChI=1S/C24H25FN2O5S/c1-3-33(29,30)32-23-12-6-19(7-13-23)17-27(16-18-4-8-20(25)9-5-18)24(28)26-21-10-14-22(31-2)15-11-21/h4-15H,3,16-17H2,1-2H3,(H,26,28). The first-order chi connectivity index (χ1) is 15.8. The zero-order valence-electron chi connectivity index (χ0n) is 18.3. The molecule has 3 aromatic rings. The Morgan fingerprint density at radius 2 is 1.39 bits per heavy atom. The van der Waals surface area contributed by atoms with E-state index in [-0.39, 0.29) is 36.4 Å². The Hall–Kier alpha value is -3.59. The Kier molecular flexibility index (Phi) is 7.89. The van der Waals surface area contributed by atoms with E-state index in [0.717, 1.165) is 11.1 Å². The van der Waals surface area contributed by atoms with E-state index in [2.05, 4.69) is 5.32 Å². The van der Waals surface area contributed by atoms with Gasteiger partial charge in [-0.3, -0.25) is 0 Å². The largest absolute Gasteiger partial charge is 0.497 e. The SMILES string of the molecule is CCS(=O)(=O)Oc1ccc(CN(Cc2ccc(F)cc2)C(=O)Nc2ccc(OC)cc2)cc1. The fourth-order valence-corrected chi connectivity index (χ4v) is 3.49. The lowest BCUT2D eigenvalue weighted by Crippen LogP contribution is -2.34. The Bertz CT molecular complexity index is 1160. The molecule has 33 heavy (non-hydrogen) atoms. The highest BCUT2D eigenvalue weighted by Crippen LogP contribution is 2.19. The van der Waals surface area contributed by atoms with Crippen molar-refractivity contribution >= 4 is 21.8 Å². The summed E-state index contributed by atoms with van der Waals surface area (Å²) in [5.74, 6) is 0.383. The number of hydrogen-bond acceptors (Lipinski definition) is 5. The normalized spacial score (nSPS) is 11.0. The molecule has 0 saturated carbocycles.